The normalized spacial score (nSPS) is 20.4. The molecule has 1 saturated heterocycles. The summed E-state index contributed by atoms with van der Waals surface area (Å²) in [6.45, 7) is 5.59. The van der Waals surface area contributed by atoms with E-state index in [1.165, 1.54) is 0 Å². The summed E-state index contributed by atoms with van der Waals surface area (Å²) < 4.78 is 5.75. The molecule has 0 bridgehead atoms. The minimum absolute atomic E-state index is 0.0280. The molecule has 1 aromatic rings. The number of rotatable bonds is 3. The summed E-state index contributed by atoms with van der Waals surface area (Å²) >= 11 is 0. The van der Waals surface area contributed by atoms with E-state index in [0.717, 1.165) is 5.56 Å². The van der Waals surface area contributed by atoms with Crippen molar-refractivity contribution >= 4 is 5.91 Å². The Hall–Kier alpha value is -1.39. The predicted molar refractivity (Wildman–Crippen MR) is 74.6 cm³/mol. The van der Waals surface area contributed by atoms with Gasteiger partial charge >= 0.3 is 0 Å². The molecule has 0 radical (unpaired) electrons. The molecule has 1 aliphatic rings. The molecule has 0 spiro atoms. The second-order valence-corrected chi connectivity index (χ2v) is 5.78. The Bertz CT molecular complexity index is 426. The summed E-state index contributed by atoms with van der Waals surface area (Å²) in [7, 11) is 0. The monoisotopic (exact) mass is 262 g/mol. The van der Waals surface area contributed by atoms with Gasteiger partial charge in [0.25, 0.3) is 0 Å². The molecule has 1 fully saturated rings. The van der Waals surface area contributed by atoms with Crippen LogP contribution >= 0.6 is 0 Å². The maximum Gasteiger partial charge on any atom is 0.224 e. The molecule has 0 saturated carbocycles. The molecule has 1 unspecified atom stereocenters. The third-order valence-electron chi connectivity index (χ3n) is 3.20. The molecule has 1 aliphatic heterocycles. The van der Waals surface area contributed by atoms with Crippen LogP contribution in [0.1, 0.15) is 31.9 Å². The van der Waals surface area contributed by atoms with Crippen LogP contribution in [0.5, 0.6) is 0 Å². The SMILES string of the molecule is CC(C)(N)CC(=O)N1CCOC(c2ccccc2)C1. The van der Waals surface area contributed by atoms with Gasteiger partial charge in [0.15, 0.2) is 0 Å². The topological polar surface area (TPSA) is 55.6 Å². The average Bonchev–Trinajstić information content (AvgIpc) is 2.38. The Morgan fingerprint density at radius 3 is 2.74 bits per heavy atom. The second kappa shape index (κ2) is 5.72. The summed E-state index contributed by atoms with van der Waals surface area (Å²) in [5, 5.41) is 0. The highest BCUT2D eigenvalue weighted by atomic mass is 16.5. The van der Waals surface area contributed by atoms with E-state index in [1.807, 2.05) is 49.1 Å². The lowest BCUT2D eigenvalue weighted by molar-refractivity contribution is -0.140. The molecule has 2 rings (SSSR count). The summed E-state index contributed by atoms with van der Waals surface area (Å²) in [6, 6.07) is 10.0. The van der Waals surface area contributed by atoms with Crippen LogP contribution in [0.15, 0.2) is 30.3 Å². The van der Waals surface area contributed by atoms with Gasteiger partial charge in [-0.25, -0.2) is 0 Å². The molecule has 4 heteroatoms. The lowest BCUT2D eigenvalue weighted by atomic mass is 10.0. The smallest absolute Gasteiger partial charge is 0.224 e. The summed E-state index contributed by atoms with van der Waals surface area (Å²) in [5.74, 6) is 0.108. The molecule has 1 atom stereocenters. The highest BCUT2D eigenvalue weighted by Gasteiger charge is 2.27. The lowest BCUT2D eigenvalue weighted by Gasteiger charge is -2.34. The predicted octanol–water partition coefficient (Wildman–Crippen LogP) is 1.71. The zero-order valence-electron chi connectivity index (χ0n) is 11.6. The van der Waals surface area contributed by atoms with Gasteiger partial charge in [-0.1, -0.05) is 30.3 Å². The van der Waals surface area contributed by atoms with Crippen molar-refractivity contribution in [3.63, 3.8) is 0 Å². The number of carbonyl (C=O) groups is 1. The van der Waals surface area contributed by atoms with E-state index < -0.39 is 5.54 Å². The number of hydrogen-bond donors (Lipinski definition) is 1. The number of carbonyl (C=O) groups excluding carboxylic acids is 1. The van der Waals surface area contributed by atoms with Crippen molar-refractivity contribution in [2.24, 2.45) is 5.73 Å². The Balaban J connectivity index is 2.00. The highest BCUT2D eigenvalue weighted by molar-refractivity contribution is 5.77. The standard InChI is InChI=1S/C15H22N2O2/c1-15(2,16)10-14(18)17-8-9-19-13(11-17)12-6-4-3-5-7-12/h3-7,13H,8-11,16H2,1-2H3. The third kappa shape index (κ3) is 4.04. The number of ether oxygens (including phenoxy) is 1. The molecule has 104 valence electrons. The molecule has 19 heavy (non-hydrogen) atoms. The fourth-order valence-corrected chi connectivity index (χ4v) is 2.25. The van der Waals surface area contributed by atoms with Crippen LogP contribution in [0, 0.1) is 0 Å². The Morgan fingerprint density at radius 1 is 1.42 bits per heavy atom. The van der Waals surface area contributed by atoms with Crippen molar-refractivity contribution < 1.29 is 9.53 Å². The molecule has 1 aromatic carbocycles. The number of amides is 1. The van der Waals surface area contributed by atoms with Gasteiger partial charge in [-0.05, 0) is 19.4 Å². The Kier molecular flexibility index (Phi) is 4.22. The van der Waals surface area contributed by atoms with E-state index in [2.05, 4.69) is 0 Å². The van der Waals surface area contributed by atoms with Gasteiger partial charge in [-0.15, -0.1) is 0 Å². The number of nitrogens with zero attached hydrogens (tertiary/aromatic N) is 1. The zero-order chi connectivity index (χ0) is 13.9. The van der Waals surface area contributed by atoms with Crippen molar-refractivity contribution in [1.82, 2.24) is 4.90 Å². The lowest BCUT2D eigenvalue weighted by Crippen LogP contribution is -2.46. The maximum atomic E-state index is 12.2. The number of morpholine rings is 1. The molecule has 2 N–H and O–H groups in total. The highest BCUT2D eigenvalue weighted by Crippen LogP contribution is 2.22. The minimum atomic E-state index is -0.461. The van der Waals surface area contributed by atoms with Gasteiger partial charge in [-0.3, -0.25) is 4.79 Å². The summed E-state index contributed by atoms with van der Waals surface area (Å²) in [4.78, 5) is 14.0. The van der Waals surface area contributed by atoms with Gasteiger partial charge in [0, 0.05) is 18.5 Å². The van der Waals surface area contributed by atoms with Crippen LogP contribution < -0.4 is 5.73 Å². The van der Waals surface area contributed by atoms with E-state index in [4.69, 9.17) is 10.5 Å². The number of nitrogens with two attached hydrogens (primary N) is 1. The van der Waals surface area contributed by atoms with Crippen LogP contribution in [0.4, 0.5) is 0 Å². The van der Waals surface area contributed by atoms with Crippen molar-refractivity contribution in [1.29, 1.82) is 0 Å². The number of hydrogen-bond acceptors (Lipinski definition) is 3. The van der Waals surface area contributed by atoms with Crippen molar-refractivity contribution in [2.75, 3.05) is 19.7 Å². The first-order chi connectivity index (χ1) is 8.96. The minimum Gasteiger partial charge on any atom is -0.370 e. The molecule has 4 nitrogen and oxygen atoms in total. The van der Waals surface area contributed by atoms with Gasteiger partial charge < -0.3 is 15.4 Å². The van der Waals surface area contributed by atoms with E-state index in [0.29, 0.717) is 26.1 Å². The molecule has 0 aromatic heterocycles. The average molecular weight is 262 g/mol. The van der Waals surface area contributed by atoms with E-state index >= 15 is 0 Å². The van der Waals surface area contributed by atoms with Crippen LogP contribution in [0.25, 0.3) is 0 Å². The van der Waals surface area contributed by atoms with Crippen LogP contribution in [0.2, 0.25) is 0 Å². The molecule has 1 heterocycles. The van der Waals surface area contributed by atoms with Crippen LogP contribution in [0.3, 0.4) is 0 Å². The fraction of sp³-hybridized carbons (Fsp3) is 0.533. The molecular formula is C15H22N2O2. The van der Waals surface area contributed by atoms with Crippen molar-refractivity contribution in [3.8, 4) is 0 Å². The van der Waals surface area contributed by atoms with Crippen LogP contribution in [-0.4, -0.2) is 36.0 Å². The van der Waals surface area contributed by atoms with E-state index in [9.17, 15) is 4.79 Å². The largest absolute Gasteiger partial charge is 0.370 e. The maximum absolute atomic E-state index is 12.2. The first-order valence-electron chi connectivity index (χ1n) is 6.69. The molecule has 0 aliphatic carbocycles. The van der Waals surface area contributed by atoms with Crippen LogP contribution in [-0.2, 0) is 9.53 Å². The third-order valence-corrected chi connectivity index (χ3v) is 3.20. The van der Waals surface area contributed by atoms with Crippen molar-refractivity contribution in [3.05, 3.63) is 35.9 Å². The van der Waals surface area contributed by atoms with Gasteiger partial charge in [0.1, 0.15) is 6.10 Å². The van der Waals surface area contributed by atoms with Gasteiger partial charge in [-0.2, -0.15) is 0 Å². The van der Waals surface area contributed by atoms with Gasteiger partial charge in [0.05, 0.1) is 13.2 Å². The van der Waals surface area contributed by atoms with E-state index in [1.54, 1.807) is 0 Å². The first-order valence-corrected chi connectivity index (χ1v) is 6.69. The second-order valence-electron chi connectivity index (χ2n) is 5.78. The summed E-state index contributed by atoms with van der Waals surface area (Å²) in [6.07, 6.45) is 0.342. The van der Waals surface area contributed by atoms with E-state index in [-0.39, 0.29) is 12.0 Å². The molecule has 1 amide bonds. The summed E-state index contributed by atoms with van der Waals surface area (Å²) in [5.41, 5.74) is 6.57. The Labute approximate surface area is 114 Å². The zero-order valence-corrected chi connectivity index (χ0v) is 11.6. The fourth-order valence-electron chi connectivity index (χ4n) is 2.25. The number of benzene rings is 1. The quantitative estimate of drug-likeness (QED) is 0.902. The van der Waals surface area contributed by atoms with Crippen molar-refractivity contribution in [2.45, 2.75) is 31.9 Å². The first kappa shape index (κ1) is 14.0. The van der Waals surface area contributed by atoms with Gasteiger partial charge in [0.2, 0.25) is 5.91 Å². The Morgan fingerprint density at radius 2 is 2.11 bits per heavy atom. The molecular weight excluding hydrogens is 240 g/mol.